The van der Waals surface area contributed by atoms with Crippen molar-refractivity contribution in [1.29, 1.82) is 0 Å². The average Bonchev–Trinajstić information content (AvgIpc) is 2.74. The number of amides is 1. The first kappa shape index (κ1) is 20.6. The van der Waals surface area contributed by atoms with Gasteiger partial charge < -0.3 is 10.2 Å². The van der Waals surface area contributed by atoms with Crippen LogP contribution in [0.1, 0.15) is 36.2 Å². The minimum Gasteiger partial charge on any atom is -0.396 e. The minimum atomic E-state index is -0.303. The van der Waals surface area contributed by atoms with Gasteiger partial charge in [0.05, 0.1) is 11.3 Å². The molecule has 0 fully saturated rings. The number of carbonyl (C=O) groups is 1. The van der Waals surface area contributed by atoms with Crippen molar-refractivity contribution < 1.29 is 9.63 Å². The molecule has 0 saturated heterocycles. The number of para-hydroxylation sites is 1. The van der Waals surface area contributed by atoms with Crippen molar-refractivity contribution in [3.63, 3.8) is 0 Å². The van der Waals surface area contributed by atoms with E-state index in [0.717, 1.165) is 28.8 Å². The zero-order valence-electron chi connectivity index (χ0n) is 16.4. The van der Waals surface area contributed by atoms with Crippen molar-refractivity contribution in [3.8, 4) is 11.1 Å². The second-order valence-corrected chi connectivity index (χ2v) is 6.79. The SMILES string of the molecule is CCCO/N=C(/C)c1ccc(-c2ccccc2NC(=O)c2cccnc2Cl)cc1. The molecule has 1 amide bonds. The zero-order chi connectivity index (χ0) is 20.6. The van der Waals surface area contributed by atoms with Gasteiger partial charge in [0.1, 0.15) is 11.8 Å². The number of carbonyl (C=O) groups excluding carboxylic acids is 1. The van der Waals surface area contributed by atoms with Crippen LogP contribution in [0.2, 0.25) is 5.15 Å². The second-order valence-electron chi connectivity index (χ2n) is 6.43. The molecule has 0 radical (unpaired) electrons. The topological polar surface area (TPSA) is 63.6 Å². The van der Waals surface area contributed by atoms with Gasteiger partial charge in [0.15, 0.2) is 0 Å². The maximum absolute atomic E-state index is 12.6. The van der Waals surface area contributed by atoms with Gasteiger partial charge in [-0.15, -0.1) is 0 Å². The quantitative estimate of drug-likeness (QED) is 0.233. The van der Waals surface area contributed by atoms with Gasteiger partial charge in [-0.2, -0.15) is 0 Å². The number of benzene rings is 2. The maximum Gasteiger partial charge on any atom is 0.258 e. The highest BCUT2D eigenvalue weighted by molar-refractivity contribution is 6.33. The number of aromatic nitrogens is 1. The number of pyridine rings is 1. The second kappa shape index (κ2) is 9.85. The van der Waals surface area contributed by atoms with Crippen molar-refractivity contribution in [1.82, 2.24) is 4.98 Å². The third-order valence-electron chi connectivity index (χ3n) is 4.29. The smallest absolute Gasteiger partial charge is 0.258 e. The third-order valence-corrected chi connectivity index (χ3v) is 4.59. The van der Waals surface area contributed by atoms with E-state index in [-0.39, 0.29) is 11.1 Å². The van der Waals surface area contributed by atoms with Gasteiger partial charge in [-0.1, -0.05) is 66.1 Å². The van der Waals surface area contributed by atoms with E-state index >= 15 is 0 Å². The van der Waals surface area contributed by atoms with Crippen LogP contribution >= 0.6 is 11.6 Å². The van der Waals surface area contributed by atoms with E-state index in [2.05, 4.69) is 15.5 Å². The van der Waals surface area contributed by atoms with E-state index in [1.54, 1.807) is 18.3 Å². The van der Waals surface area contributed by atoms with Crippen LogP contribution in [0.25, 0.3) is 11.1 Å². The van der Waals surface area contributed by atoms with Gasteiger partial charge in [-0.3, -0.25) is 4.79 Å². The molecule has 148 valence electrons. The first-order chi connectivity index (χ1) is 14.1. The standard InChI is InChI=1S/C23H22ClN3O2/c1-3-15-29-27-16(2)17-10-12-18(13-11-17)19-7-4-5-9-21(19)26-23(28)20-8-6-14-25-22(20)24/h4-14H,3,15H2,1-2H3,(H,26,28)/b27-16-. The number of halogens is 1. The third kappa shape index (κ3) is 5.21. The Hall–Kier alpha value is -3.18. The fourth-order valence-corrected chi connectivity index (χ4v) is 2.97. The van der Waals surface area contributed by atoms with Crippen LogP contribution in [0, 0.1) is 0 Å². The van der Waals surface area contributed by atoms with Crippen molar-refractivity contribution in [2.45, 2.75) is 20.3 Å². The highest BCUT2D eigenvalue weighted by Crippen LogP contribution is 2.29. The molecule has 0 aliphatic heterocycles. The summed E-state index contributed by atoms with van der Waals surface area (Å²) < 4.78 is 0. The molecule has 0 aliphatic rings. The van der Waals surface area contributed by atoms with Crippen molar-refractivity contribution >= 4 is 28.9 Å². The Labute approximate surface area is 175 Å². The molecule has 1 heterocycles. The molecule has 1 aromatic heterocycles. The Kier molecular flexibility index (Phi) is 6.98. The van der Waals surface area contributed by atoms with Gasteiger partial charge in [-0.05, 0) is 42.7 Å². The molecule has 6 heteroatoms. The Morgan fingerprint density at radius 1 is 1.10 bits per heavy atom. The molecular formula is C23H22ClN3O2. The molecule has 5 nitrogen and oxygen atoms in total. The first-order valence-electron chi connectivity index (χ1n) is 9.38. The summed E-state index contributed by atoms with van der Waals surface area (Å²) in [7, 11) is 0. The lowest BCUT2D eigenvalue weighted by Crippen LogP contribution is -2.13. The Morgan fingerprint density at radius 2 is 1.86 bits per heavy atom. The van der Waals surface area contributed by atoms with Crippen LogP contribution in [0.15, 0.2) is 72.0 Å². The predicted octanol–water partition coefficient (Wildman–Crippen LogP) is 5.80. The van der Waals surface area contributed by atoms with Crippen molar-refractivity contribution in [3.05, 3.63) is 83.1 Å². The molecule has 0 unspecified atom stereocenters. The summed E-state index contributed by atoms with van der Waals surface area (Å²) in [4.78, 5) is 21.8. The largest absolute Gasteiger partial charge is 0.396 e. The van der Waals surface area contributed by atoms with E-state index < -0.39 is 0 Å². The van der Waals surface area contributed by atoms with Crippen LogP contribution in [0.5, 0.6) is 0 Å². The molecule has 1 N–H and O–H groups in total. The van der Waals surface area contributed by atoms with E-state index in [1.165, 1.54) is 0 Å². The molecule has 0 atom stereocenters. The van der Waals surface area contributed by atoms with Gasteiger partial charge in [-0.25, -0.2) is 4.98 Å². The molecule has 2 aromatic carbocycles. The molecule has 0 bridgehead atoms. The van der Waals surface area contributed by atoms with E-state index in [9.17, 15) is 4.79 Å². The number of anilines is 1. The summed E-state index contributed by atoms with van der Waals surface area (Å²) in [6.45, 7) is 4.55. The number of hydrogen-bond donors (Lipinski definition) is 1. The summed E-state index contributed by atoms with van der Waals surface area (Å²) >= 11 is 6.04. The Bertz CT molecular complexity index is 1020. The van der Waals surface area contributed by atoms with Gasteiger partial charge in [0.2, 0.25) is 0 Å². The number of hydrogen-bond acceptors (Lipinski definition) is 4. The predicted molar refractivity (Wildman–Crippen MR) is 118 cm³/mol. The first-order valence-corrected chi connectivity index (χ1v) is 9.76. The summed E-state index contributed by atoms with van der Waals surface area (Å²) in [5.41, 5.74) is 4.71. The summed E-state index contributed by atoms with van der Waals surface area (Å²) in [5, 5.41) is 7.23. The number of nitrogens with one attached hydrogen (secondary N) is 1. The van der Waals surface area contributed by atoms with E-state index in [1.807, 2.05) is 62.4 Å². The summed E-state index contributed by atoms with van der Waals surface area (Å²) in [6.07, 6.45) is 2.47. The lowest BCUT2D eigenvalue weighted by Gasteiger charge is -2.12. The molecule has 0 aliphatic carbocycles. The van der Waals surface area contributed by atoms with Gasteiger partial charge >= 0.3 is 0 Å². The van der Waals surface area contributed by atoms with Crippen molar-refractivity contribution in [2.75, 3.05) is 11.9 Å². The zero-order valence-corrected chi connectivity index (χ0v) is 17.1. The van der Waals surface area contributed by atoms with Gasteiger partial charge in [0, 0.05) is 17.4 Å². The highest BCUT2D eigenvalue weighted by Gasteiger charge is 2.13. The summed E-state index contributed by atoms with van der Waals surface area (Å²) in [6, 6.07) is 18.9. The molecule has 29 heavy (non-hydrogen) atoms. The van der Waals surface area contributed by atoms with Crippen LogP contribution in [-0.4, -0.2) is 23.2 Å². The summed E-state index contributed by atoms with van der Waals surface area (Å²) in [5.74, 6) is -0.303. The van der Waals surface area contributed by atoms with Crippen LogP contribution in [0.3, 0.4) is 0 Å². The highest BCUT2D eigenvalue weighted by atomic mass is 35.5. The van der Waals surface area contributed by atoms with E-state index in [4.69, 9.17) is 16.4 Å². The van der Waals surface area contributed by atoms with Gasteiger partial charge in [0.25, 0.3) is 5.91 Å². The Balaban J connectivity index is 1.83. The van der Waals surface area contributed by atoms with Crippen LogP contribution in [-0.2, 0) is 4.84 Å². The fraction of sp³-hybridized carbons (Fsp3) is 0.174. The fourth-order valence-electron chi connectivity index (χ4n) is 2.77. The number of oxime groups is 1. The van der Waals surface area contributed by atoms with Crippen LogP contribution in [0.4, 0.5) is 5.69 Å². The van der Waals surface area contributed by atoms with Crippen LogP contribution < -0.4 is 5.32 Å². The molecule has 3 rings (SSSR count). The normalized spacial score (nSPS) is 11.2. The Morgan fingerprint density at radius 3 is 2.59 bits per heavy atom. The van der Waals surface area contributed by atoms with E-state index in [0.29, 0.717) is 17.9 Å². The minimum absolute atomic E-state index is 0.173. The van der Waals surface area contributed by atoms with Crippen molar-refractivity contribution in [2.24, 2.45) is 5.16 Å². The number of nitrogens with zero attached hydrogens (tertiary/aromatic N) is 2. The maximum atomic E-state index is 12.6. The molecule has 0 saturated carbocycles. The molecular weight excluding hydrogens is 386 g/mol. The molecule has 0 spiro atoms. The lowest BCUT2D eigenvalue weighted by molar-refractivity contribution is 0.102. The lowest BCUT2D eigenvalue weighted by atomic mass is 10.0. The monoisotopic (exact) mass is 407 g/mol. The molecule has 3 aromatic rings. The average molecular weight is 408 g/mol. The number of rotatable bonds is 7.